The Kier molecular flexibility index (Phi) is 6.63. The summed E-state index contributed by atoms with van der Waals surface area (Å²) in [5, 5.41) is 4.08. The van der Waals surface area contributed by atoms with Crippen molar-refractivity contribution in [2.24, 2.45) is 11.8 Å². The summed E-state index contributed by atoms with van der Waals surface area (Å²) in [4.78, 5) is 11.9. The van der Waals surface area contributed by atoms with E-state index in [-0.39, 0.29) is 0 Å². The van der Waals surface area contributed by atoms with Crippen molar-refractivity contribution in [3.05, 3.63) is 22.9 Å². The largest absolute Gasteiger partial charge is 0.299 e. The zero-order valence-corrected chi connectivity index (χ0v) is 12.7. The molecule has 0 unspecified atom stereocenters. The van der Waals surface area contributed by atoms with Crippen molar-refractivity contribution >= 4 is 17.1 Å². The fourth-order valence-corrected chi connectivity index (χ4v) is 3.77. The second kappa shape index (κ2) is 8.52. The number of hydrogen-bond acceptors (Lipinski definition) is 2. The molecule has 3 rings (SSSR count). The molecule has 0 spiro atoms. The Bertz CT molecular complexity index is 315. The lowest BCUT2D eigenvalue weighted by atomic mass is 9.83. The van der Waals surface area contributed by atoms with Crippen molar-refractivity contribution in [2.75, 3.05) is 0 Å². The minimum atomic E-state index is 0.455. The van der Waals surface area contributed by atoms with Crippen LogP contribution >= 0.6 is 11.3 Å². The number of thiophene rings is 1. The van der Waals surface area contributed by atoms with Gasteiger partial charge in [-0.1, -0.05) is 57.1 Å². The first-order chi connectivity index (χ1) is 9.36. The summed E-state index contributed by atoms with van der Waals surface area (Å²) < 4.78 is 0. The number of ketones is 1. The van der Waals surface area contributed by atoms with Crippen LogP contribution in [0.2, 0.25) is 0 Å². The van der Waals surface area contributed by atoms with E-state index in [1.165, 1.54) is 57.8 Å². The van der Waals surface area contributed by atoms with Crippen LogP contribution < -0.4 is 0 Å². The van der Waals surface area contributed by atoms with E-state index in [9.17, 15) is 4.79 Å². The van der Waals surface area contributed by atoms with E-state index in [4.69, 9.17) is 0 Å². The molecule has 2 aliphatic carbocycles. The summed E-state index contributed by atoms with van der Waals surface area (Å²) in [6.45, 7) is 0. The fraction of sp³-hybridized carbons (Fsp3) is 0.706. The van der Waals surface area contributed by atoms with E-state index in [0.717, 1.165) is 12.3 Å². The highest BCUT2D eigenvalue weighted by Gasteiger charge is 2.25. The third-order valence-corrected chi connectivity index (χ3v) is 5.08. The second-order valence-corrected chi connectivity index (χ2v) is 6.77. The predicted octanol–water partition coefficient (Wildman–Crippen LogP) is 5.46. The minimum absolute atomic E-state index is 0.455. The zero-order valence-electron chi connectivity index (χ0n) is 11.9. The lowest BCUT2D eigenvalue weighted by molar-refractivity contribution is -0.123. The third-order valence-electron chi connectivity index (χ3n) is 4.45. The van der Waals surface area contributed by atoms with Crippen molar-refractivity contribution in [1.29, 1.82) is 0 Å². The van der Waals surface area contributed by atoms with E-state index in [0.29, 0.717) is 11.7 Å². The molecule has 2 aliphatic rings. The van der Waals surface area contributed by atoms with Gasteiger partial charge in [-0.05, 0) is 29.5 Å². The Hall–Kier alpha value is -0.630. The topological polar surface area (TPSA) is 17.1 Å². The van der Waals surface area contributed by atoms with Gasteiger partial charge in [0.1, 0.15) is 5.78 Å². The van der Waals surface area contributed by atoms with Crippen LogP contribution in [0.25, 0.3) is 0 Å². The highest BCUT2D eigenvalue weighted by atomic mass is 32.1. The molecule has 2 saturated carbocycles. The smallest absolute Gasteiger partial charge is 0.136 e. The molecule has 0 radical (unpaired) electrons. The first kappa shape index (κ1) is 14.8. The maximum absolute atomic E-state index is 11.9. The Morgan fingerprint density at radius 2 is 1.47 bits per heavy atom. The maximum atomic E-state index is 11.9. The van der Waals surface area contributed by atoms with Crippen LogP contribution in [-0.4, -0.2) is 5.78 Å². The minimum Gasteiger partial charge on any atom is -0.299 e. The van der Waals surface area contributed by atoms with Crippen LogP contribution in [0.15, 0.2) is 22.9 Å². The van der Waals surface area contributed by atoms with Crippen molar-refractivity contribution in [2.45, 2.75) is 64.2 Å². The van der Waals surface area contributed by atoms with Crippen molar-refractivity contribution < 1.29 is 4.79 Å². The first-order valence-electron chi connectivity index (χ1n) is 7.86. The Morgan fingerprint density at radius 1 is 0.895 bits per heavy atom. The summed E-state index contributed by atoms with van der Waals surface area (Å²) in [5.41, 5.74) is 0. The van der Waals surface area contributed by atoms with Gasteiger partial charge < -0.3 is 0 Å². The van der Waals surface area contributed by atoms with Gasteiger partial charge in [0.05, 0.1) is 0 Å². The SMILES string of the molecule is O=C(CC1CCCCC1)C1CCCC1.c1ccsc1. The van der Waals surface area contributed by atoms with E-state index >= 15 is 0 Å². The van der Waals surface area contributed by atoms with Gasteiger partial charge >= 0.3 is 0 Å². The van der Waals surface area contributed by atoms with Gasteiger partial charge in [0.2, 0.25) is 0 Å². The van der Waals surface area contributed by atoms with Gasteiger partial charge in [0.15, 0.2) is 0 Å². The Balaban J connectivity index is 0.000000224. The Morgan fingerprint density at radius 3 is 2.00 bits per heavy atom. The van der Waals surface area contributed by atoms with E-state index in [1.807, 2.05) is 22.9 Å². The molecule has 0 amide bonds. The van der Waals surface area contributed by atoms with Crippen LogP contribution in [0.3, 0.4) is 0 Å². The monoisotopic (exact) mass is 278 g/mol. The first-order valence-corrected chi connectivity index (χ1v) is 8.80. The molecule has 2 fully saturated rings. The molecule has 106 valence electrons. The van der Waals surface area contributed by atoms with Gasteiger partial charge in [0, 0.05) is 12.3 Å². The number of Topliss-reactive ketones (excluding diaryl/α,β-unsaturated/α-hetero) is 1. The molecule has 1 aromatic heterocycles. The normalized spacial score (nSPS) is 20.8. The van der Waals surface area contributed by atoms with Crippen LogP contribution in [0.5, 0.6) is 0 Å². The summed E-state index contributed by atoms with van der Waals surface area (Å²) in [5.74, 6) is 1.79. The average Bonchev–Trinajstić information content (AvgIpc) is 3.16. The van der Waals surface area contributed by atoms with Crippen LogP contribution in [-0.2, 0) is 4.79 Å². The third kappa shape index (κ3) is 5.48. The standard InChI is InChI=1S/C13H22O.C4H4S/c14-13(12-8-4-5-9-12)10-11-6-2-1-3-7-11;1-2-4-5-3-1/h11-12H,1-10H2;1-4H. The van der Waals surface area contributed by atoms with Gasteiger partial charge in [-0.3, -0.25) is 4.79 Å². The summed E-state index contributed by atoms with van der Waals surface area (Å²) in [6.07, 6.45) is 12.6. The molecule has 1 aromatic rings. The molecular formula is C17H26OS. The van der Waals surface area contributed by atoms with Crippen molar-refractivity contribution in [3.8, 4) is 0 Å². The molecule has 1 nitrogen and oxygen atoms in total. The zero-order chi connectivity index (χ0) is 13.3. The quantitative estimate of drug-likeness (QED) is 0.717. The van der Waals surface area contributed by atoms with Crippen molar-refractivity contribution in [1.82, 2.24) is 0 Å². The summed E-state index contributed by atoms with van der Waals surface area (Å²) >= 11 is 1.71. The van der Waals surface area contributed by atoms with Crippen LogP contribution in [0.1, 0.15) is 64.2 Å². The fourth-order valence-electron chi connectivity index (χ4n) is 3.32. The van der Waals surface area contributed by atoms with Gasteiger partial charge in [-0.25, -0.2) is 0 Å². The van der Waals surface area contributed by atoms with Crippen LogP contribution in [0, 0.1) is 11.8 Å². The average molecular weight is 278 g/mol. The van der Waals surface area contributed by atoms with Crippen molar-refractivity contribution in [3.63, 3.8) is 0 Å². The van der Waals surface area contributed by atoms with E-state index in [2.05, 4.69) is 0 Å². The van der Waals surface area contributed by atoms with E-state index < -0.39 is 0 Å². The maximum Gasteiger partial charge on any atom is 0.136 e. The summed E-state index contributed by atoms with van der Waals surface area (Å²) in [7, 11) is 0. The molecule has 0 bridgehead atoms. The molecule has 0 aliphatic heterocycles. The molecule has 0 N–H and O–H groups in total. The molecule has 2 heteroatoms. The summed E-state index contributed by atoms with van der Waals surface area (Å²) in [6, 6.07) is 4.04. The number of hydrogen-bond donors (Lipinski definition) is 0. The molecule has 0 atom stereocenters. The van der Waals surface area contributed by atoms with E-state index in [1.54, 1.807) is 11.3 Å². The molecular weight excluding hydrogens is 252 g/mol. The molecule has 19 heavy (non-hydrogen) atoms. The predicted molar refractivity (Wildman–Crippen MR) is 82.5 cm³/mol. The molecule has 1 heterocycles. The van der Waals surface area contributed by atoms with Gasteiger partial charge in [0.25, 0.3) is 0 Å². The number of carbonyl (C=O) groups excluding carboxylic acids is 1. The van der Waals surface area contributed by atoms with Gasteiger partial charge in [-0.2, -0.15) is 11.3 Å². The lowest BCUT2D eigenvalue weighted by Gasteiger charge is -2.21. The number of rotatable bonds is 3. The lowest BCUT2D eigenvalue weighted by Crippen LogP contribution is -2.17. The molecule has 0 saturated heterocycles. The highest BCUT2D eigenvalue weighted by Crippen LogP contribution is 2.31. The molecule has 0 aromatic carbocycles. The van der Waals surface area contributed by atoms with Gasteiger partial charge in [-0.15, -0.1) is 0 Å². The highest BCUT2D eigenvalue weighted by molar-refractivity contribution is 7.07. The van der Waals surface area contributed by atoms with Crippen LogP contribution in [0.4, 0.5) is 0 Å². The second-order valence-electron chi connectivity index (χ2n) is 5.95. The Labute approximate surface area is 121 Å². The number of carbonyl (C=O) groups is 1.